The zero-order valence-electron chi connectivity index (χ0n) is 30.2. The Bertz CT molecular complexity index is 898. The predicted molar refractivity (Wildman–Crippen MR) is 203 cm³/mol. The minimum absolute atomic E-state index is 0. The summed E-state index contributed by atoms with van der Waals surface area (Å²) in [4.78, 5) is 64.3. The van der Waals surface area contributed by atoms with Crippen LogP contribution in [-0.4, -0.2) is 99.1 Å². The van der Waals surface area contributed by atoms with Crippen LogP contribution in [0.25, 0.3) is 0 Å². The fourth-order valence-corrected chi connectivity index (χ4v) is 4.23. The van der Waals surface area contributed by atoms with E-state index in [1.807, 2.05) is 0 Å². The number of carboxylic acid groups (broad SMARTS) is 2. The summed E-state index contributed by atoms with van der Waals surface area (Å²) in [6.45, 7) is 26.6. The monoisotopic (exact) mass is 1810 g/mol. The molecule has 282 valence electrons. The Hall–Kier alpha value is -6.56. The van der Waals surface area contributed by atoms with Gasteiger partial charge in [-0.05, 0) is 25.0 Å². The molecule has 0 aromatic heterocycles. The van der Waals surface area contributed by atoms with Crippen molar-refractivity contribution in [2.45, 2.75) is 19.8 Å². The summed E-state index contributed by atoms with van der Waals surface area (Å²) in [5, 5.41) is 22.1. The maximum atomic E-state index is 12.4. The molecule has 3 unspecified atom stereocenters. The van der Waals surface area contributed by atoms with Gasteiger partial charge in [-0.2, -0.15) is 35.3 Å². The second-order valence-corrected chi connectivity index (χ2v) is 12.5. The summed E-state index contributed by atoms with van der Waals surface area (Å²) in [5.74, 6) is 0.200. The molecule has 0 aliphatic heterocycles. The minimum Gasteiger partial charge on any atom is -0.481 e. The van der Waals surface area contributed by atoms with Crippen molar-refractivity contribution in [2.75, 3.05) is 53.4 Å². The number of carbonyl (C=O) groups is 6. The molecule has 12 nitrogen and oxygen atoms in total. The van der Waals surface area contributed by atoms with E-state index in [4.69, 9.17) is 15.9 Å². The van der Waals surface area contributed by atoms with Crippen molar-refractivity contribution >= 4 is 83.5 Å². The summed E-state index contributed by atoms with van der Waals surface area (Å²) in [6.07, 6.45) is 3.56. The third kappa shape index (κ3) is 59.4. The van der Waals surface area contributed by atoms with E-state index in [1.165, 1.54) is 24.8 Å². The van der Waals surface area contributed by atoms with Gasteiger partial charge in [0.1, 0.15) is 0 Å². The van der Waals surface area contributed by atoms with E-state index >= 15 is 0 Å². The Balaban J connectivity index is -0.0000000772. The number of hydrogen-bond donors (Lipinski definition) is 7. The third-order valence-electron chi connectivity index (χ3n) is 4.81. The van der Waals surface area contributed by atoms with Crippen LogP contribution in [0.5, 0.6) is 0 Å². The molecule has 4 amide bonds. The van der Waals surface area contributed by atoms with Crippen LogP contribution < -0.4 is 22.1 Å². The Labute approximate surface area is 300 Å². The fourth-order valence-electron chi connectivity index (χ4n) is 2.59. The Morgan fingerprint density at radius 3 is 1.43 bits per heavy atom. The second-order valence-electron chi connectivity index (χ2n) is 8.47. The van der Waals surface area contributed by atoms with Crippen molar-refractivity contribution < 1.29 is 39.0 Å². The average molecular weight is 1810 g/mol. The van der Waals surface area contributed by atoms with Gasteiger partial charge in [-0.1, -0.05) is 26.7 Å². The Kier molecular flexibility index (Phi) is 65.9. The molecule has 0 aliphatic carbocycles. The summed E-state index contributed by atoms with van der Waals surface area (Å²) in [7, 11) is 0. The molecular weight excluding hydrogens is 1750 g/mol. The van der Waals surface area contributed by atoms with Gasteiger partial charge in [0.05, 0.1) is 5.92 Å². The van der Waals surface area contributed by atoms with E-state index in [-0.39, 0.29) is 30.6 Å². The van der Waals surface area contributed by atoms with Crippen molar-refractivity contribution in [3.63, 3.8) is 0 Å². The van der Waals surface area contributed by atoms with Crippen LogP contribution in [0, 0.1) is 45.4 Å². The zero-order chi connectivity index (χ0) is 37.6. The number of nitrogens with one attached hydrogen (secondary N) is 2. The predicted octanol–water partition coefficient (Wildman–Crippen LogP) is 2.98. The number of rotatable bonds is 21. The fraction of sp³-hybridized carbons (Fsp3) is 0.484. The Morgan fingerprint density at radius 2 is 1.14 bits per heavy atom. The van der Waals surface area contributed by atoms with Gasteiger partial charge in [-0.3, -0.25) is 24.0 Å². The first-order valence-electron chi connectivity index (χ1n) is 14.1. The molecule has 0 fully saturated rings. The van der Waals surface area contributed by atoms with Crippen LogP contribution in [0.2, 0.25) is 0 Å². The molecule has 8 N–H and O–H groups in total. The van der Waals surface area contributed by atoms with Crippen molar-refractivity contribution in [1.29, 1.82) is 0 Å². The second kappa shape index (κ2) is 50.3. The number of primary amides is 2. The number of carboxylic acids is 2. The molecule has 0 radical (unpaired) electrons. The van der Waals surface area contributed by atoms with Crippen LogP contribution in [-0.2, 0) is 28.8 Å². The van der Waals surface area contributed by atoms with Crippen LogP contribution in [0.4, 0.5) is 0 Å². The van der Waals surface area contributed by atoms with Crippen molar-refractivity contribution in [2.24, 2.45) is 29.2 Å². The maximum Gasteiger partial charge on any atom is 0.327 e. The van der Waals surface area contributed by atoms with Gasteiger partial charge >= 0.3 is 11.9 Å². The first-order valence-corrected chi connectivity index (χ1v) is 18.2. The van der Waals surface area contributed by atoms with Gasteiger partial charge in [0.25, 0.3) is 0 Å². The van der Waals surface area contributed by atoms with E-state index in [0.717, 1.165) is 35.2 Å². The molecule has 0 saturated heterocycles. The zero-order valence-corrected chi connectivity index (χ0v) is 59.1. The largest absolute Gasteiger partial charge is 0.481 e. The van der Waals surface area contributed by atoms with Crippen molar-refractivity contribution in [3.05, 3.63) is 65.7 Å². The molecule has 20 heteroatoms. The van der Waals surface area contributed by atoms with E-state index in [2.05, 4.69) is 76.4 Å². The number of aliphatic carboxylic acids is 2. The van der Waals surface area contributed by atoms with Gasteiger partial charge in [0.2, 0.25) is 23.6 Å². The Morgan fingerprint density at radius 1 is 0.745 bits per heavy atom. The summed E-state index contributed by atoms with van der Waals surface area (Å²) in [5.41, 5.74) is 9.94. The molecule has 0 aromatic rings. The van der Waals surface area contributed by atoms with Crippen LogP contribution in [0.3, 0.4) is 0 Å². The molecule has 0 saturated carbocycles. The molecule has 0 aliphatic rings. The third-order valence-corrected chi connectivity index (χ3v) is 7.30. The first-order chi connectivity index (χ1) is 22.1. The van der Waals surface area contributed by atoms with Gasteiger partial charge in [0, 0.05) is 48.3 Å². The maximum absolute atomic E-state index is 12.4. The molecular formula is C31H54N4O8Rf4S4-4. The number of thioether (sulfide) groups is 3. The van der Waals surface area contributed by atoms with Gasteiger partial charge in [-0.25, -0.2) is 17.4 Å². The molecule has 0 rings (SSSR count). The molecule has 0 bridgehead atoms. The van der Waals surface area contributed by atoms with Crippen molar-refractivity contribution in [3.8, 4) is 0 Å². The minimum atomic E-state index is -0.981. The van der Waals surface area contributed by atoms with E-state index in [1.54, 1.807) is 23.5 Å². The molecule has 0 heterocycles. The van der Waals surface area contributed by atoms with Crippen LogP contribution in [0.1, 0.15) is 19.8 Å². The van der Waals surface area contributed by atoms with E-state index in [9.17, 15) is 28.8 Å². The van der Waals surface area contributed by atoms with E-state index in [0.29, 0.717) is 30.3 Å². The summed E-state index contributed by atoms with van der Waals surface area (Å²) in [6, 6.07) is 0. The smallest absolute Gasteiger partial charge is 0.327 e. The number of nitrogens with two attached hydrogens (primary N) is 2. The first kappa shape index (κ1) is 66.8. The molecule has 51 heavy (non-hydrogen) atoms. The number of amides is 4. The summed E-state index contributed by atoms with van der Waals surface area (Å²) < 4.78 is 0. The standard InChI is InChI=1S/C16H28N2O4S2.C7H12NOS.C3H5NO.C3H4O2.C2H5S.4Rf/c1-4-23-7-6-18-15(20)13(10-24-5-2)9-12(14(17)19)8-11(3)16(21)22;1-3-7(9)8-5-6-10-4-2;2*1-2-3(4)5;1-2-3;;;;/h11-13H,1-2,4-10H2,3H3,(H2,17,19)(H,18,20)(H,21,22);3H,1-2,4-6H2,(H,8,9);2H,1H2,(H2,4,5);2H,1H2,(H,4,5);3H,1-2H2;;;;/q-2;-1;;;-1;;;;. The SMILES string of the molecule is C=CC(=O)NCCSC[CH2-].C=CC(=O)O.C=CC(N)=O.[CH2-]CS.[CH2-]CSCCNC(=O)C(CSC[CH2-])CC(CC(C)C(=O)O)C(N)=O.[Rf].[Rf].[Rf].[Rf]. The molecule has 0 spiro atoms. The average Bonchev–Trinajstić information content (AvgIpc) is 3.03. The molecule has 0 aromatic carbocycles. The van der Waals surface area contributed by atoms with Gasteiger partial charge < -0.3 is 60.0 Å². The van der Waals surface area contributed by atoms with E-state index < -0.39 is 35.6 Å². The van der Waals surface area contributed by atoms with Gasteiger partial charge in [0.15, 0.2) is 0 Å². The van der Waals surface area contributed by atoms with Crippen LogP contribution in [0.15, 0.2) is 38.0 Å². The molecule has 3 atom stereocenters. The van der Waals surface area contributed by atoms with Crippen LogP contribution >= 0.6 is 47.9 Å². The van der Waals surface area contributed by atoms with Crippen molar-refractivity contribution in [1.82, 2.24) is 10.6 Å². The quantitative estimate of drug-likeness (QED) is 0.0384. The van der Waals surface area contributed by atoms with Gasteiger partial charge in [-0.15, -0.1) is 23.0 Å². The topological polar surface area (TPSA) is 219 Å². The summed E-state index contributed by atoms with van der Waals surface area (Å²) >= 11 is 8.52. The number of carbonyl (C=O) groups excluding carboxylic acids is 4. The number of hydrogen-bond acceptors (Lipinski definition) is 10. The number of thiol groups is 1. The normalized spacial score (nSPS) is 10.2.